The van der Waals surface area contributed by atoms with E-state index in [-0.39, 0.29) is 11.8 Å². The second-order valence-corrected chi connectivity index (χ2v) is 6.09. The van der Waals surface area contributed by atoms with Crippen molar-refractivity contribution in [3.8, 4) is 11.3 Å². The van der Waals surface area contributed by atoms with Gasteiger partial charge >= 0.3 is 5.69 Å². The van der Waals surface area contributed by atoms with E-state index in [1.54, 1.807) is 25.1 Å². The van der Waals surface area contributed by atoms with Crippen LogP contribution in [0.4, 0.5) is 16.0 Å². The lowest BCUT2D eigenvalue weighted by Gasteiger charge is -2.12. The Hall–Kier alpha value is -3.48. The molecule has 0 unspecified atom stereocenters. The fourth-order valence-electron chi connectivity index (χ4n) is 2.83. The molecule has 0 bridgehead atoms. The van der Waals surface area contributed by atoms with E-state index in [1.165, 1.54) is 10.5 Å². The normalized spacial score (nSPS) is 11.0. The molecule has 130 valence electrons. The lowest BCUT2D eigenvalue weighted by Crippen LogP contribution is -2.15. The van der Waals surface area contributed by atoms with Crippen LogP contribution >= 0.6 is 0 Å². The molecule has 0 atom stereocenters. The van der Waals surface area contributed by atoms with Crippen LogP contribution in [-0.2, 0) is 0 Å². The minimum atomic E-state index is -0.417. The van der Waals surface area contributed by atoms with E-state index in [2.05, 4.69) is 20.5 Å². The molecule has 0 aliphatic heterocycles. The van der Waals surface area contributed by atoms with E-state index in [4.69, 9.17) is 0 Å². The highest BCUT2D eigenvalue weighted by Gasteiger charge is 2.13. The molecule has 2 aromatic heterocycles. The van der Waals surface area contributed by atoms with Crippen LogP contribution in [0.1, 0.15) is 11.1 Å². The molecule has 2 aromatic carbocycles. The van der Waals surface area contributed by atoms with E-state index in [0.29, 0.717) is 22.6 Å². The van der Waals surface area contributed by atoms with E-state index in [0.717, 1.165) is 11.1 Å². The highest BCUT2D eigenvalue weighted by molar-refractivity contribution is 5.68. The molecular formula is C19H16FN5O. The topological polar surface area (TPSA) is 75.1 Å². The van der Waals surface area contributed by atoms with Crippen LogP contribution in [0.25, 0.3) is 16.9 Å². The summed E-state index contributed by atoms with van der Waals surface area (Å²) >= 11 is 0. The molecule has 4 aromatic rings. The van der Waals surface area contributed by atoms with Crippen LogP contribution in [0, 0.1) is 19.7 Å². The Bertz CT molecular complexity index is 1180. The quantitative estimate of drug-likeness (QED) is 0.593. The monoisotopic (exact) mass is 349 g/mol. The second-order valence-electron chi connectivity index (χ2n) is 6.09. The van der Waals surface area contributed by atoms with Crippen LogP contribution in [-0.4, -0.2) is 19.6 Å². The summed E-state index contributed by atoms with van der Waals surface area (Å²) in [6.45, 7) is 3.66. The zero-order valence-electron chi connectivity index (χ0n) is 14.2. The van der Waals surface area contributed by atoms with Gasteiger partial charge in [0, 0.05) is 22.9 Å². The number of aromatic nitrogens is 4. The predicted octanol–water partition coefficient (Wildman–Crippen LogP) is 3.58. The van der Waals surface area contributed by atoms with Gasteiger partial charge in [0.15, 0.2) is 5.65 Å². The number of aromatic amines is 1. The summed E-state index contributed by atoms with van der Waals surface area (Å²) in [6.07, 6.45) is 0. The average molecular weight is 349 g/mol. The number of nitrogens with zero attached hydrogens (tertiary/aromatic N) is 3. The molecule has 0 saturated heterocycles. The van der Waals surface area contributed by atoms with E-state index in [1.807, 2.05) is 31.2 Å². The molecule has 4 rings (SSSR count). The Balaban J connectivity index is 1.91. The van der Waals surface area contributed by atoms with E-state index in [9.17, 15) is 9.18 Å². The van der Waals surface area contributed by atoms with Crippen molar-refractivity contribution in [2.24, 2.45) is 0 Å². The second kappa shape index (κ2) is 6.11. The molecule has 26 heavy (non-hydrogen) atoms. The van der Waals surface area contributed by atoms with Crippen molar-refractivity contribution in [2.45, 2.75) is 13.8 Å². The van der Waals surface area contributed by atoms with Gasteiger partial charge in [-0.05, 0) is 32.0 Å². The Morgan fingerprint density at radius 3 is 2.73 bits per heavy atom. The summed E-state index contributed by atoms with van der Waals surface area (Å²) in [7, 11) is 0. The highest BCUT2D eigenvalue weighted by Crippen LogP contribution is 2.25. The van der Waals surface area contributed by atoms with Crippen LogP contribution in [0.2, 0.25) is 0 Å². The molecule has 2 heterocycles. The van der Waals surface area contributed by atoms with Crippen molar-refractivity contribution in [1.29, 1.82) is 0 Å². The van der Waals surface area contributed by atoms with Crippen molar-refractivity contribution in [3.63, 3.8) is 0 Å². The van der Waals surface area contributed by atoms with Crippen molar-refractivity contribution >= 4 is 17.3 Å². The van der Waals surface area contributed by atoms with Crippen molar-refractivity contribution in [3.05, 3.63) is 76.0 Å². The molecule has 0 spiro atoms. The average Bonchev–Trinajstić information content (AvgIpc) is 3.00. The first-order valence-electron chi connectivity index (χ1n) is 8.10. The molecule has 0 saturated carbocycles. The lowest BCUT2D eigenvalue weighted by atomic mass is 10.1. The SMILES string of the molecule is Cc1cccc(-c2cc3n[nH]c(=O)n3c(Nc3cccc(F)c3C)n2)c1. The summed E-state index contributed by atoms with van der Waals surface area (Å²) in [5.41, 5.74) is 3.66. The standard InChI is InChI=1S/C19H16FN5O/c1-11-5-3-6-13(9-11)16-10-17-23-24-19(26)25(17)18(22-16)21-15-8-4-7-14(20)12(15)2/h3-10H,1-2H3,(H,21,22)(H,24,26). The van der Waals surface area contributed by atoms with Gasteiger partial charge in [-0.25, -0.2) is 23.7 Å². The Morgan fingerprint density at radius 2 is 1.92 bits per heavy atom. The van der Waals surface area contributed by atoms with Crippen LogP contribution in [0.3, 0.4) is 0 Å². The maximum absolute atomic E-state index is 13.9. The Kier molecular flexibility index (Phi) is 3.76. The molecule has 0 amide bonds. The molecular weight excluding hydrogens is 333 g/mol. The molecule has 2 N–H and O–H groups in total. The number of hydrogen-bond acceptors (Lipinski definition) is 4. The summed E-state index contributed by atoms with van der Waals surface area (Å²) in [4.78, 5) is 16.7. The first-order chi connectivity index (χ1) is 12.5. The number of H-pyrrole nitrogens is 1. The molecule has 7 heteroatoms. The number of fused-ring (bicyclic) bond motifs is 1. The number of nitrogens with one attached hydrogen (secondary N) is 2. The van der Waals surface area contributed by atoms with E-state index >= 15 is 0 Å². The van der Waals surface area contributed by atoms with Gasteiger partial charge in [-0.2, -0.15) is 5.10 Å². The zero-order chi connectivity index (χ0) is 18.3. The number of anilines is 2. The van der Waals surface area contributed by atoms with E-state index < -0.39 is 5.69 Å². The highest BCUT2D eigenvalue weighted by atomic mass is 19.1. The van der Waals surface area contributed by atoms with Gasteiger partial charge in [-0.3, -0.25) is 0 Å². The maximum atomic E-state index is 13.9. The number of rotatable bonds is 3. The molecule has 0 aliphatic carbocycles. The first kappa shape index (κ1) is 16.0. The lowest BCUT2D eigenvalue weighted by molar-refractivity contribution is 0.619. The number of hydrogen-bond donors (Lipinski definition) is 2. The van der Waals surface area contributed by atoms with Gasteiger partial charge in [0.2, 0.25) is 5.95 Å². The zero-order valence-corrected chi connectivity index (χ0v) is 14.2. The summed E-state index contributed by atoms with van der Waals surface area (Å²) in [6, 6.07) is 14.3. The van der Waals surface area contributed by atoms with Gasteiger partial charge < -0.3 is 5.32 Å². The van der Waals surface area contributed by atoms with Gasteiger partial charge in [-0.1, -0.05) is 29.8 Å². The molecule has 0 radical (unpaired) electrons. The third-order valence-corrected chi connectivity index (χ3v) is 4.23. The van der Waals surface area contributed by atoms with Crippen molar-refractivity contribution in [2.75, 3.05) is 5.32 Å². The smallest absolute Gasteiger partial charge is 0.325 e. The largest absolute Gasteiger partial charge is 0.350 e. The Labute approximate surface area is 148 Å². The van der Waals surface area contributed by atoms with Crippen molar-refractivity contribution in [1.82, 2.24) is 19.6 Å². The summed E-state index contributed by atoms with van der Waals surface area (Å²) < 4.78 is 15.2. The third-order valence-electron chi connectivity index (χ3n) is 4.23. The third kappa shape index (κ3) is 2.73. The number of aryl methyl sites for hydroxylation is 1. The van der Waals surface area contributed by atoms with Crippen LogP contribution < -0.4 is 11.0 Å². The van der Waals surface area contributed by atoms with Crippen LogP contribution in [0.15, 0.2) is 53.3 Å². The molecule has 0 fully saturated rings. The van der Waals surface area contributed by atoms with Gasteiger partial charge in [0.25, 0.3) is 0 Å². The van der Waals surface area contributed by atoms with Crippen molar-refractivity contribution < 1.29 is 4.39 Å². The fraction of sp³-hybridized carbons (Fsp3) is 0.105. The van der Waals surface area contributed by atoms with Crippen LogP contribution in [0.5, 0.6) is 0 Å². The maximum Gasteiger partial charge on any atom is 0.350 e. The Morgan fingerprint density at radius 1 is 1.12 bits per heavy atom. The minimum absolute atomic E-state index is 0.270. The number of halogens is 1. The first-order valence-corrected chi connectivity index (χ1v) is 8.10. The predicted molar refractivity (Wildman–Crippen MR) is 98.2 cm³/mol. The summed E-state index contributed by atoms with van der Waals surface area (Å²) in [5.74, 6) is -0.0629. The summed E-state index contributed by atoms with van der Waals surface area (Å²) in [5, 5.41) is 9.52. The van der Waals surface area contributed by atoms with Gasteiger partial charge in [0.1, 0.15) is 5.82 Å². The van der Waals surface area contributed by atoms with Gasteiger partial charge in [-0.15, -0.1) is 0 Å². The van der Waals surface area contributed by atoms with Gasteiger partial charge in [0.05, 0.1) is 5.69 Å². The molecule has 0 aliphatic rings. The fourth-order valence-corrected chi connectivity index (χ4v) is 2.83. The number of benzene rings is 2. The minimum Gasteiger partial charge on any atom is -0.325 e. The molecule has 6 nitrogen and oxygen atoms in total.